The molecule has 0 saturated heterocycles. The first-order valence-electron chi connectivity index (χ1n) is 8.45. The Morgan fingerprint density at radius 2 is 1.85 bits per heavy atom. The van der Waals surface area contributed by atoms with Crippen LogP contribution in [0.25, 0.3) is 0 Å². The zero-order valence-electron chi connectivity index (χ0n) is 15.4. The number of halogens is 3. The molecule has 0 fully saturated rings. The number of alkyl halides is 3. The van der Waals surface area contributed by atoms with Crippen LogP contribution in [-0.4, -0.2) is 24.6 Å². The van der Waals surface area contributed by atoms with E-state index in [-0.39, 0.29) is 6.54 Å². The summed E-state index contributed by atoms with van der Waals surface area (Å²) in [5, 5.41) is 7.43. The topological polar surface area (TPSA) is 58.5 Å². The van der Waals surface area contributed by atoms with Gasteiger partial charge < -0.3 is 15.4 Å². The minimum Gasteiger partial charge on any atom is -0.493 e. The van der Waals surface area contributed by atoms with Gasteiger partial charge in [-0.3, -0.25) is 4.99 Å². The molecule has 0 unspecified atom stereocenters. The lowest BCUT2D eigenvalue weighted by Crippen LogP contribution is -2.36. The van der Waals surface area contributed by atoms with E-state index in [9.17, 15) is 13.2 Å². The van der Waals surface area contributed by atoms with Crippen LogP contribution in [0.2, 0.25) is 0 Å². The van der Waals surface area contributed by atoms with Crippen molar-refractivity contribution in [2.24, 2.45) is 10.9 Å². The van der Waals surface area contributed by atoms with Gasteiger partial charge in [0.2, 0.25) is 0 Å². The van der Waals surface area contributed by atoms with Gasteiger partial charge in [0.15, 0.2) is 11.7 Å². The van der Waals surface area contributed by atoms with Gasteiger partial charge in [0.25, 0.3) is 0 Å². The normalized spacial score (nSPS) is 12.3. The number of ether oxygens (including phenoxy) is 1. The number of aromatic nitrogens is 1. The lowest BCUT2D eigenvalue weighted by atomic mass is 10.2. The van der Waals surface area contributed by atoms with Crippen LogP contribution in [0.5, 0.6) is 5.75 Å². The second kappa shape index (κ2) is 9.59. The average molecular weight is 400 g/mol. The average Bonchev–Trinajstić information content (AvgIpc) is 3.10. The fraction of sp³-hybridized carbons (Fsp3) is 0.444. The van der Waals surface area contributed by atoms with Crippen LogP contribution in [0.15, 0.2) is 34.6 Å². The summed E-state index contributed by atoms with van der Waals surface area (Å²) in [5.41, 5.74) is 0.162. The van der Waals surface area contributed by atoms with E-state index in [4.69, 9.17) is 4.74 Å². The van der Waals surface area contributed by atoms with Crippen LogP contribution in [0.1, 0.15) is 30.1 Å². The van der Waals surface area contributed by atoms with Crippen molar-refractivity contribution in [3.8, 4) is 5.75 Å². The first-order valence-corrected chi connectivity index (χ1v) is 9.33. The number of hydrogen-bond acceptors (Lipinski definition) is 4. The van der Waals surface area contributed by atoms with Crippen LogP contribution >= 0.6 is 11.3 Å². The molecular formula is C18H23F3N4OS. The summed E-state index contributed by atoms with van der Waals surface area (Å²) in [5.74, 6) is 1.77. The summed E-state index contributed by atoms with van der Waals surface area (Å²) < 4.78 is 43.3. The van der Waals surface area contributed by atoms with Crippen molar-refractivity contribution in [1.29, 1.82) is 0 Å². The SMILES string of the molecule is CN=C(NCc1ccc(OCC(C)C)cc1)NCc1nc(C(F)(F)F)cs1. The number of guanidine groups is 1. The highest BCUT2D eigenvalue weighted by Crippen LogP contribution is 2.29. The Kier molecular flexibility index (Phi) is 7.46. The highest BCUT2D eigenvalue weighted by molar-refractivity contribution is 7.09. The lowest BCUT2D eigenvalue weighted by molar-refractivity contribution is -0.140. The van der Waals surface area contributed by atoms with E-state index in [1.54, 1.807) is 7.05 Å². The van der Waals surface area contributed by atoms with E-state index in [2.05, 4.69) is 34.5 Å². The number of rotatable bonds is 7. The van der Waals surface area contributed by atoms with Crippen LogP contribution in [0.4, 0.5) is 13.2 Å². The molecule has 0 aliphatic heterocycles. The zero-order chi connectivity index (χ0) is 19.9. The fourth-order valence-corrected chi connectivity index (χ4v) is 2.79. The molecule has 0 atom stereocenters. The Balaban J connectivity index is 1.81. The zero-order valence-corrected chi connectivity index (χ0v) is 16.2. The fourth-order valence-electron chi connectivity index (χ4n) is 2.05. The number of aliphatic imine (C=N–C) groups is 1. The second-order valence-electron chi connectivity index (χ2n) is 6.25. The van der Waals surface area contributed by atoms with Crippen molar-refractivity contribution >= 4 is 17.3 Å². The van der Waals surface area contributed by atoms with Gasteiger partial charge in [-0.1, -0.05) is 26.0 Å². The summed E-state index contributed by atoms with van der Waals surface area (Å²) in [4.78, 5) is 7.64. The molecule has 1 aromatic carbocycles. The molecule has 1 heterocycles. The second-order valence-corrected chi connectivity index (χ2v) is 7.20. The monoisotopic (exact) mass is 400 g/mol. The third-order valence-electron chi connectivity index (χ3n) is 3.44. The lowest BCUT2D eigenvalue weighted by Gasteiger charge is -2.12. The Morgan fingerprint density at radius 3 is 2.41 bits per heavy atom. The number of nitrogens with zero attached hydrogens (tertiary/aromatic N) is 2. The summed E-state index contributed by atoms with van der Waals surface area (Å²) in [7, 11) is 1.60. The van der Waals surface area contributed by atoms with Gasteiger partial charge in [0.05, 0.1) is 13.2 Å². The quantitative estimate of drug-likeness (QED) is 0.544. The van der Waals surface area contributed by atoms with Crippen LogP contribution in [0, 0.1) is 5.92 Å². The predicted octanol–water partition coefficient (Wildman–Crippen LogP) is 4.06. The van der Waals surface area contributed by atoms with Crippen molar-refractivity contribution in [3.05, 3.63) is 45.9 Å². The first-order chi connectivity index (χ1) is 12.8. The molecule has 0 bridgehead atoms. The van der Waals surface area contributed by atoms with Crippen LogP contribution in [0.3, 0.4) is 0 Å². The van der Waals surface area contributed by atoms with Gasteiger partial charge >= 0.3 is 6.18 Å². The van der Waals surface area contributed by atoms with E-state index in [0.717, 1.165) is 28.0 Å². The standard InChI is InChI=1S/C18H23F3N4OS/c1-12(2)10-26-14-6-4-13(5-7-14)8-23-17(22-3)24-9-16-25-15(11-27-16)18(19,20)21/h4-7,11-12H,8-10H2,1-3H3,(H2,22,23,24). The van der Waals surface area contributed by atoms with E-state index < -0.39 is 11.9 Å². The molecule has 27 heavy (non-hydrogen) atoms. The Morgan fingerprint density at radius 1 is 1.19 bits per heavy atom. The molecule has 0 aliphatic rings. The highest BCUT2D eigenvalue weighted by Gasteiger charge is 2.33. The van der Waals surface area contributed by atoms with Gasteiger partial charge in [-0.25, -0.2) is 4.98 Å². The molecule has 2 aromatic rings. The van der Waals surface area contributed by atoms with E-state index >= 15 is 0 Å². The molecule has 1 aromatic heterocycles. The number of thiazole rings is 1. The van der Waals surface area contributed by atoms with Crippen LogP contribution in [-0.2, 0) is 19.3 Å². The maximum absolute atomic E-state index is 12.6. The van der Waals surface area contributed by atoms with Crippen molar-refractivity contribution in [3.63, 3.8) is 0 Å². The maximum Gasteiger partial charge on any atom is 0.434 e. The van der Waals surface area contributed by atoms with Crippen molar-refractivity contribution in [2.45, 2.75) is 33.1 Å². The summed E-state index contributed by atoms with van der Waals surface area (Å²) in [6.07, 6.45) is -4.42. The molecular weight excluding hydrogens is 377 g/mol. The number of hydrogen-bond donors (Lipinski definition) is 2. The largest absolute Gasteiger partial charge is 0.493 e. The number of nitrogens with one attached hydrogen (secondary N) is 2. The van der Waals surface area contributed by atoms with Gasteiger partial charge in [-0.2, -0.15) is 13.2 Å². The van der Waals surface area contributed by atoms with E-state index in [0.29, 0.717) is 30.0 Å². The Labute approximate surface area is 160 Å². The van der Waals surface area contributed by atoms with Gasteiger partial charge in [-0.15, -0.1) is 11.3 Å². The van der Waals surface area contributed by atoms with E-state index in [1.165, 1.54) is 0 Å². The van der Waals surface area contributed by atoms with Crippen LogP contribution < -0.4 is 15.4 Å². The molecule has 0 saturated carbocycles. The third-order valence-corrected chi connectivity index (χ3v) is 4.29. The van der Waals surface area contributed by atoms with Crippen molar-refractivity contribution in [1.82, 2.24) is 15.6 Å². The molecule has 2 N–H and O–H groups in total. The molecule has 0 aliphatic carbocycles. The minimum absolute atomic E-state index is 0.169. The molecule has 5 nitrogen and oxygen atoms in total. The highest BCUT2D eigenvalue weighted by atomic mass is 32.1. The third kappa shape index (κ3) is 7.09. The van der Waals surface area contributed by atoms with Gasteiger partial charge in [0, 0.05) is 19.0 Å². The summed E-state index contributed by atoms with van der Waals surface area (Å²) in [6, 6.07) is 7.71. The predicted molar refractivity (Wildman–Crippen MR) is 101 cm³/mol. The summed E-state index contributed by atoms with van der Waals surface area (Å²) in [6.45, 7) is 5.54. The molecule has 0 spiro atoms. The Bertz CT molecular complexity index is 742. The minimum atomic E-state index is -4.42. The molecule has 148 valence electrons. The van der Waals surface area contributed by atoms with Gasteiger partial charge in [-0.05, 0) is 23.6 Å². The van der Waals surface area contributed by atoms with Crippen molar-refractivity contribution < 1.29 is 17.9 Å². The maximum atomic E-state index is 12.6. The Hall–Kier alpha value is -2.29. The molecule has 2 rings (SSSR count). The van der Waals surface area contributed by atoms with E-state index in [1.807, 2.05) is 24.3 Å². The van der Waals surface area contributed by atoms with Gasteiger partial charge in [0.1, 0.15) is 10.8 Å². The summed E-state index contributed by atoms with van der Waals surface area (Å²) >= 11 is 0.961. The smallest absolute Gasteiger partial charge is 0.434 e. The number of benzene rings is 1. The first kappa shape index (κ1) is 21.0. The van der Waals surface area contributed by atoms with Crippen molar-refractivity contribution in [2.75, 3.05) is 13.7 Å². The molecule has 0 radical (unpaired) electrons. The molecule has 0 amide bonds. The molecule has 9 heteroatoms.